The minimum Gasteiger partial charge on any atom is -0.497 e. The van der Waals surface area contributed by atoms with Crippen LogP contribution in [0.25, 0.3) is 0 Å². The summed E-state index contributed by atoms with van der Waals surface area (Å²) in [6, 6.07) is 7.82. The van der Waals surface area contributed by atoms with Crippen molar-refractivity contribution in [3.05, 3.63) is 29.8 Å². The van der Waals surface area contributed by atoms with E-state index >= 15 is 0 Å². The maximum atomic E-state index is 12.7. The van der Waals surface area contributed by atoms with Gasteiger partial charge in [-0.2, -0.15) is 0 Å². The largest absolute Gasteiger partial charge is 0.497 e. The van der Waals surface area contributed by atoms with Crippen LogP contribution in [0.3, 0.4) is 0 Å². The molecule has 2 amide bonds. The monoisotopic (exact) mass is 346 g/mol. The Bertz CT molecular complexity index is 600. The number of likely N-dealkylation sites (tertiary alicyclic amines) is 1. The van der Waals surface area contributed by atoms with Crippen LogP contribution in [0.1, 0.15) is 45.1 Å². The molecule has 1 aliphatic rings. The molecule has 1 heterocycles. The number of carbonyl (C=O) groups excluding carboxylic acids is 2. The summed E-state index contributed by atoms with van der Waals surface area (Å²) in [6.07, 6.45) is 2.01. The van der Waals surface area contributed by atoms with Gasteiger partial charge in [-0.15, -0.1) is 0 Å². The summed E-state index contributed by atoms with van der Waals surface area (Å²) in [5.41, 5.74) is 1.05. The second kappa shape index (κ2) is 8.88. The molecule has 2 unspecified atom stereocenters. The summed E-state index contributed by atoms with van der Waals surface area (Å²) in [5, 5.41) is 3.03. The van der Waals surface area contributed by atoms with Gasteiger partial charge < -0.3 is 15.0 Å². The highest BCUT2D eigenvalue weighted by Crippen LogP contribution is 2.35. The SMILES string of the molecule is CCCCNC(=O)C1CN(C(=O)C(C)C)CC1c1cccc(OC)c1. The molecule has 138 valence electrons. The van der Waals surface area contributed by atoms with Gasteiger partial charge in [-0.25, -0.2) is 0 Å². The van der Waals surface area contributed by atoms with Crippen LogP contribution in [0.2, 0.25) is 0 Å². The fourth-order valence-corrected chi connectivity index (χ4v) is 3.34. The number of hydrogen-bond donors (Lipinski definition) is 1. The van der Waals surface area contributed by atoms with E-state index in [0.717, 1.165) is 24.2 Å². The molecule has 0 aromatic heterocycles. The Kier molecular flexibility index (Phi) is 6.85. The van der Waals surface area contributed by atoms with Gasteiger partial charge in [-0.05, 0) is 24.1 Å². The standard InChI is InChI=1S/C20H30N2O3/c1-5-6-10-21-19(23)18-13-22(20(24)14(2)3)12-17(18)15-8-7-9-16(11-15)25-4/h7-9,11,14,17-18H,5-6,10,12-13H2,1-4H3,(H,21,23). The quantitative estimate of drug-likeness (QED) is 0.773. The van der Waals surface area contributed by atoms with Crippen LogP contribution in [-0.2, 0) is 9.59 Å². The average Bonchev–Trinajstić information content (AvgIpc) is 3.06. The third-order valence-corrected chi connectivity index (χ3v) is 4.81. The maximum absolute atomic E-state index is 12.7. The Morgan fingerprint density at radius 1 is 1.32 bits per heavy atom. The number of hydrogen-bond acceptors (Lipinski definition) is 3. The van der Waals surface area contributed by atoms with Crippen molar-refractivity contribution in [2.24, 2.45) is 11.8 Å². The molecular formula is C20H30N2O3. The van der Waals surface area contributed by atoms with Crippen LogP contribution in [0.5, 0.6) is 5.75 Å². The van der Waals surface area contributed by atoms with Crippen LogP contribution < -0.4 is 10.1 Å². The number of unbranched alkanes of at least 4 members (excludes halogenated alkanes) is 1. The van der Waals surface area contributed by atoms with E-state index in [9.17, 15) is 9.59 Å². The third kappa shape index (κ3) is 4.74. The first-order chi connectivity index (χ1) is 12.0. The van der Waals surface area contributed by atoms with Gasteiger partial charge in [0.05, 0.1) is 13.0 Å². The van der Waals surface area contributed by atoms with E-state index in [1.165, 1.54) is 0 Å². The van der Waals surface area contributed by atoms with Gasteiger partial charge in [-0.1, -0.05) is 39.3 Å². The molecule has 1 saturated heterocycles. The molecule has 0 spiro atoms. The lowest BCUT2D eigenvalue weighted by atomic mass is 9.88. The van der Waals surface area contributed by atoms with Crippen LogP contribution in [0.4, 0.5) is 0 Å². The molecule has 0 saturated carbocycles. The zero-order chi connectivity index (χ0) is 18.4. The predicted molar refractivity (Wildman–Crippen MR) is 98.6 cm³/mol. The van der Waals surface area contributed by atoms with E-state index in [1.54, 1.807) is 7.11 Å². The van der Waals surface area contributed by atoms with Gasteiger partial charge in [0.25, 0.3) is 0 Å². The molecule has 5 nitrogen and oxygen atoms in total. The predicted octanol–water partition coefficient (Wildman–Crippen LogP) is 2.81. The van der Waals surface area contributed by atoms with E-state index in [-0.39, 0.29) is 29.6 Å². The Labute approximate surface area is 150 Å². The Morgan fingerprint density at radius 3 is 2.72 bits per heavy atom. The highest BCUT2D eigenvalue weighted by Gasteiger charge is 2.40. The second-order valence-corrected chi connectivity index (χ2v) is 7.03. The number of methoxy groups -OCH3 is 1. The first kappa shape index (κ1) is 19.3. The molecule has 0 aliphatic carbocycles. The molecule has 5 heteroatoms. The van der Waals surface area contributed by atoms with E-state index in [2.05, 4.69) is 12.2 Å². The van der Waals surface area contributed by atoms with Crippen molar-refractivity contribution in [3.63, 3.8) is 0 Å². The number of rotatable bonds is 7. The van der Waals surface area contributed by atoms with Crippen LogP contribution >= 0.6 is 0 Å². The minimum absolute atomic E-state index is 0.000531. The highest BCUT2D eigenvalue weighted by molar-refractivity contribution is 5.84. The van der Waals surface area contributed by atoms with E-state index < -0.39 is 0 Å². The molecule has 1 aromatic rings. The summed E-state index contributed by atoms with van der Waals surface area (Å²) in [7, 11) is 1.64. The maximum Gasteiger partial charge on any atom is 0.225 e. The Hall–Kier alpha value is -2.04. The van der Waals surface area contributed by atoms with E-state index in [4.69, 9.17) is 4.74 Å². The number of amides is 2. The van der Waals surface area contributed by atoms with Crippen molar-refractivity contribution in [3.8, 4) is 5.75 Å². The number of benzene rings is 1. The van der Waals surface area contributed by atoms with Crippen molar-refractivity contribution in [2.45, 2.75) is 39.5 Å². The third-order valence-electron chi connectivity index (χ3n) is 4.81. The summed E-state index contributed by atoms with van der Waals surface area (Å²) in [4.78, 5) is 27.0. The van der Waals surface area contributed by atoms with Crippen LogP contribution in [0, 0.1) is 11.8 Å². The normalized spacial score (nSPS) is 20.0. The fourth-order valence-electron chi connectivity index (χ4n) is 3.34. The summed E-state index contributed by atoms with van der Waals surface area (Å²) < 4.78 is 5.32. The minimum atomic E-state index is -0.216. The van der Waals surface area contributed by atoms with Crippen molar-refractivity contribution in [2.75, 3.05) is 26.7 Å². The first-order valence-electron chi connectivity index (χ1n) is 9.18. The lowest BCUT2D eigenvalue weighted by Crippen LogP contribution is -2.36. The average molecular weight is 346 g/mol. The number of carbonyl (C=O) groups is 2. The number of nitrogens with one attached hydrogen (secondary N) is 1. The molecule has 0 radical (unpaired) electrons. The second-order valence-electron chi connectivity index (χ2n) is 7.03. The number of nitrogens with zero attached hydrogens (tertiary/aromatic N) is 1. The first-order valence-corrected chi connectivity index (χ1v) is 9.18. The van der Waals surface area contributed by atoms with Crippen molar-refractivity contribution in [1.29, 1.82) is 0 Å². The van der Waals surface area contributed by atoms with Crippen LogP contribution in [0.15, 0.2) is 24.3 Å². The summed E-state index contributed by atoms with van der Waals surface area (Å²) >= 11 is 0. The topological polar surface area (TPSA) is 58.6 Å². The zero-order valence-corrected chi connectivity index (χ0v) is 15.7. The highest BCUT2D eigenvalue weighted by atomic mass is 16.5. The van der Waals surface area contributed by atoms with Crippen molar-refractivity contribution < 1.29 is 14.3 Å². The van der Waals surface area contributed by atoms with Gasteiger partial charge in [0.1, 0.15) is 5.75 Å². The van der Waals surface area contributed by atoms with Gasteiger partial charge in [-0.3, -0.25) is 9.59 Å². The van der Waals surface area contributed by atoms with Crippen molar-refractivity contribution in [1.82, 2.24) is 10.2 Å². The lowest BCUT2D eigenvalue weighted by Gasteiger charge is -2.19. The van der Waals surface area contributed by atoms with Gasteiger partial charge >= 0.3 is 0 Å². The van der Waals surface area contributed by atoms with Gasteiger partial charge in [0.15, 0.2) is 0 Å². The summed E-state index contributed by atoms with van der Waals surface area (Å²) in [6.45, 7) is 7.65. The van der Waals surface area contributed by atoms with E-state index in [0.29, 0.717) is 19.6 Å². The fraction of sp³-hybridized carbons (Fsp3) is 0.600. The molecule has 1 N–H and O–H groups in total. The van der Waals surface area contributed by atoms with Gasteiger partial charge in [0.2, 0.25) is 11.8 Å². The molecular weight excluding hydrogens is 316 g/mol. The smallest absolute Gasteiger partial charge is 0.225 e. The Morgan fingerprint density at radius 2 is 2.08 bits per heavy atom. The van der Waals surface area contributed by atoms with Gasteiger partial charge in [0, 0.05) is 31.5 Å². The van der Waals surface area contributed by atoms with Crippen LogP contribution in [-0.4, -0.2) is 43.5 Å². The molecule has 1 aliphatic heterocycles. The molecule has 2 atom stereocenters. The molecule has 2 rings (SSSR count). The van der Waals surface area contributed by atoms with E-state index in [1.807, 2.05) is 43.0 Å². The van der Waals surface area contributed by atoms with Crippen molar-refractivity contribution >= 4 is 11.8 Å². The zero-order valence-electron chi connectivity index (χ0n) is 15.7. The Balaban J connectivity index is 2.21. The summed E-state index contributed by atoms with van der Waals surface area (Å²) in [5.74, 6) is 0.646. The number of ether oxygens (including phenoxy) is 1. The lowest BCUT2D eigenvalue weighted by molar-refractivity contribution is -0.133. The molecule has 0 bridgehead atoms. The molecule has 1 aromatic carbocycles. The molecule has 25 heavy (non-hydrogen) atoms. The molecule has 1 fully saturated rings.